The summed E-state index contributed by atoms with van der Waals surface area (Å²) < 4.78 is 25.9. The van der Waals surface area contributed by atoms with Crippen LogP contribution in [0.2, 0.25) is 0 Å². The van der Waals surface area contributed by atoms with Crippen LogP contribution in [-0.2, 0) is 16.0 Å². The molecular formula is C25H30FN5O3. The Morgan fingerprint density at radius 3 is 2.82 bits per heavy atom. The maximum atomic E-state index is 14.8. The number of hydrogen-bond acceptors (Lipinski definition) is 6. The van der Waals surface area contributed by atoms with E-state index in [0.29, 0.717) is 23.0 Å². The number of nitrogens with one attached hydrogen (secondary N) is 2. The summed E-state index contributed by atoms with van der Waals surface area (Å²) in [6.07, 6.45) is 5.50. The van der Waals surface area contributed by atoms with E-state index in [0.717, 1.165) is 50.1 Å². The molecule has 0 aliphatic carbocycles. The zero-order valence-corrected chi connectivity index (χ0v) is 19.2. The Hall–Kier alpha value is -3.01. The van der Waals surface area contributed by atoms with Gasteiger partial charge in [0, 0.05) is 31.5 Å². The average molecular weight is 468 g/mol. The summed E-state index contributed by atoms with van der Waals surface area (Å²) >= 11 is 0. The number of aryl methyl sites for hydroxylation is 1. The molecule has 4 heterocycles. The van der Waals surface area contributed by atoms with Gasteiger partial charge in [0.05, 0.1) is 30.7 Å². The van der Waals surface area contributed by atoms with Gasteiger partial charge in [-0.3, -0.25) is 9.69 Å². The van der Waals surface area contributed by atoms with Crippen LogP contribution in [0.3, 0.4) is 0 Å². The second-order valence-electron chi connectivity index (χ2n) is 9.19. The molecule has 0 bridgehead atoms. The molecule has 2 fully saturated rings. The molecule has 34 heavy (non-hydrogen) atoms. The van der Waals surface area contributed by atoms with Gasteiger partial charge in [0.15, 0.2) is 11.6 Å². The monoisotopic (exact) mass is 467 g/mol. The van der Waals surface area contributed by atoms with Crippen LogP contribution < -0.4 is 15.8 Å². The number of H-pyrrole nitrogens is 1. The summed E-state index contributed by atoms with van der Waals surface area (Å²) in [6.45, 7) is 5.45. The van der Waals surface area contributed by atoms with Crippen molar-refractivity contribution < 1.29 is 18.7 Å². The molecule has 1 atom stereocenters. The highest BCUT2D eigenvalue weighted by Crippen LogP contribution is 2.32. The van der Waals surface area contributed by atoms with E-state index < -0.39 is 11.9 Å². The number of likely N-dealkylation sites (tertiary alicyclic amines) is 1. The number of aromatic nitrogens is 2. The quantitative estimate of drug-likeness (QED) is 0.493. The standard InChI is InChI=1S/C25H30FN5O3/c1-15-12-29-24-23(15)22(4-7-28-24)34-21-3-2-16(10-19(21)26)11-20(27)25(32)30-17-5-8-31(9-6-17)18-13-33-14-18/h2-4,7,10,12,17-18,20H,5-6,8-9,11,13-14,27H2,1H3,(H,28,29)(H,30,32)/t20-/m0/s1. The van der Waals surface area contributed by atoms with E-state index in [2.05, 4.69) is 20.2 Å². The van der Waals surface area contributed by atoms with Gasteiger partial charge < -0.3 is 25.5 Å². The molecule has 8 nitrogen and oxygen atoms in total. The number of halogens is 1. The molecule has 1 amide bonds. The molecule has 0 spiro atoms. The van der Waals surface area contributed by atoms with Gasteiger partial charge in [-0.15, -0.1) is 0 Å². The van der Waals surface area contributed by atoms with Crippen LogP contribution in [0, 0.1) is 12.7 Å². The minimum atomic E-state index is -0.744. The molecule has 1 aromatic carbocycles. The fourth-order valence-electron chi connectivity index (χ4n) is 4.64. The van der Waals surface area contributed by atoms with Crippen molar-refractivity contribution in [2.24, 2.45) is 5.73 Å². The minimum Gasteiger partial charge on any atom is -0.453 e. The lowest BCUT2D eigenvalue weighted by Gasteiger charge is -2.41. The Labute approximate surface area is 197 Å². The van der Waals surface area contributed by atoms with Crippen molar-refractivity contribution >= 4 is 16.9 Å². The highest BCUT2D eigenvalue weighted by Gasteiger charge is 2.30. The highest BCUT2D eigenvalue weighted by atomic mass is 19.1. The highest BCUT2D eigenvalue weighted by molar-refractivity contribution is 5.86. The van der Waals surface area contributed by atoms with Gasteiger partial charge in [0.1, 0.15) is 11.4 Å². The van der Waals surface area contributed by atoms with Crippen molar-refractivity contribution in [1.82, 2.24) is 20.2 Å². The van der Waals surface area contributed by atoms with E-state index in [4.69, 9.17) is 15.2 Å². The first-order valence-corrected chi connectivity index (χ1v) is 11.7. The maximum absolute atomic E-state index is 14.8. The molecule has 0 radical (unpaired) electrons. The number of hydrogen-bond donors (Lipinski definition) is 3. The summed E-state index contributed by atoms with van der Waals surface area (Å²) in [4.78, 5) is 22.4. The first kappa shape index (κ1) is 22.8. The Kier molecular flexibility index (Phi) is 6.49. The normalized spacial score (nSPS) is 18.6. The third kappa shape index (κ3) is 4.77. The summed E-state index contributed by atoms with van der Waals surface area (Å²) in [5.74, 6) is -0.0651. The van der Waals surface area contributed by atoms with Crippen LogP contribution >= 0.6 is 0 Å². The summed E-state index contributed by atoms with van der Waals surface area (Å²) in [6, 6.07) is 6.31. The second kappa shape index (κ2) is 9.69. The lowest BCUT2D eigenvalue weighted by Crippen LogP contribution is -2.55. The molecule has 3 aromatic rings. The Morgan fingerprint density at radius 1 is 1.32 bits per heavy atom. The van der Waals surface area contributed by atoms with Gasteiger partial charge in [0.2, 0.25) is 5.91 Å². The third-order valence-electron chi connectivity index (χ3n) is 6.75. The molecule has 180 valence electrons. The van der Waals surface area contributed by atoms with Gasteiger partial charge in [-0.2, -0.15) is 0 Å². The number of benzene rings is 1. The third-order valence-corrected chi connectivity index (χ3v) is 6.75. The van der Waals surface area contributed by atoms with E-state index in [1.54, 1.807) is 24.4 Å². The summed E-state index contributed by atoms with van der Waals surface area (Å²) in [5.41, 5.74) is 8.45. The van der Waals surface area contributed by atoms with Crippen molar-refractivity contribution in [3.05, 3.63) is 53.6 Å². The number of piperidine rings is 1. The number of ether oxygens (including phenoxy) is 2. The molecule has 4 N–H and O–H groups in total. The number of nitrogens with two attached hydrogens (primary N) is 1. The summed E-state index contributed by atoms with van der Waals surface area (Å²) in [5, 5.41) is 3.88. The van der Waals surface area contributed by atoms with E-state index in [1.165, 1.54) is 6.07 Å². The van der Waals surface area contributed by atoms with Crippen molar-refractivity contribution in [3.8, 4) is 11.5 Å². The molecule has 0 unspecified atom stereocenters. The zero-order valence-electron chi connectivity index (χ0n) is 19.2. The number of rotatable bonds is 7. The van der Waals surface area contributed by atoms with Crippen LogP contribution in [0.5, 0.6) is 11.5 Å². The molecule has 2 aromatic heterocycles. The largest absolute Gasteiger partial charge is 0.453 e. The van der Waals surface area contributed by atoms with Crippen LogP contribution in [0.15, 0.2) is 36.7 Å². The predicted octanol–water partition coefficient (Wildman–Crippen LogP) is 2.65. The van der Waals surface area contributed by atoms with E-state index >= 15 is 0 Å². The van der Waals surface area contributed by atoms with Gasteiger partial charge in [-0.1, -0.05) is 6.07 Å². The van der Waals surface area contributed by atoms with Gasteiger partial charge >= 0.3 is 0 Å². The number of nitrogens with zero attached hydrogens (tertiary/aromatic N) is 2. The minimum absolute atomic E-state index is 0.110. The molecule has 2 aliphatic rings. The number of pyridine rings is 1. The number of carbonyl (C=O) groups is 1. The zero-order chi connectivity index (χ0) is 23.7. The molecule has 2 saturated heterocycles. The Balaban J connectivity index is 1.16. The molecule has 9 heteroatoms. The van der Waals surface area contributed by atoms with Gasteiger partial charge in [-0.25, -0.2) is 9.37 Å². The van der Waals surface area contributed by atoms with Crippen molar-refractivity contribution in [2.75, 3.05) is 26.3 Å². The first-order valence-electron chi connectivity index (χ1n) is 11.7. The Morgan fingerprint density at radius 2 is 2.12 bits per heavy atom. The number of carbonyl (C=O) groups excluding carboxylic acids is 1. The maximum Gasteiger partial charge on any atom is 0.237 e. The molecule has 5 rings (SSSR count). The molecule has 2 aliphatic heterocycles. The second-order valence-corrected chi connectivity index (χ2v) is 9.19. The number of aromatic amines is 1. The Bertz CT molecular complexity index is 1170. The van der Waals surface area contributed by atoms with Gasteiger partial charge in [0.25, 0.3) is 0 Å². The number of amides is 1. The number of fused-ring (bicyclic) bond motifs is 1. The lowest BCUT2D eigenvalue weighted by molar-refractivity contribution is -0.123. The van der Waals surface area contributed by atoms with E-state index in [1.807, 2.05) is 13.1 Å². The lowest BCUT2D eigenvalue weighted by atomic mass is 10.0. The fraction of sp³-hybridized carbons (Fsp3) is 0.440. The van der Waals surface area contributed by atoms with Crippen molar-refractivity contribution in [2.45, 2.75) is 44.3 Å². The average Bonchev–Trinajstić information content (AvgIpc) is 3.17. The van der Waals surface area contributed by atoms with Crippen molar-refractivity contribution in [1.29, 1.82) is 0 Å². The van der Waals surface area contributed by atoms with Crippen LogP contribution in [-0.4, -0.2) is 65.2 Å². The van der Waals surface area contributed by atoms with Crippen LogP contribution in [0.1, 0.15) is 24.0 Å². The van der Waals surface area contributed by atoms with E-state index in [9.17, 15) is 9.18 Å². The smallest absolute Gasteiger partial charge is 0.237 e. The topological polar surface area (TPSA) is 106 Å². The van der Waals surface area contributed by atoms with Crippen LogP contribution in [0.4, 0.5) is 4.39 Å². The first-order chi connectivity index (χ1) is 16.5. The molecule has 0 saturated carbocycles. The fourth-order valence-corrected chi connectivity index (χ4v) is 4.64. The van der Waals surface area contributed by atoms with Crippen LogP contribution in [0.25, 0.3) is 11.0 Å². The van der Waals surface area contributed by atoms with Gasteiger partial charge in [-0.05, 0) is 55.5 Å². The van der Waals surface area contributed by atoms with Crippen molar-refractivity contribution in [3.63, 3.8) is 0 Å². The predicted molar refractivity (Wildman–Crippen MR) is 126 cm³/mol. The molecular weight excluding hydrogens is 437 g/mol. The SMILES string of the molecule is Cc1c[nH]c2nccc(Oc3ccc(C[C@H](N)C(=O)NC4CCN(C5COC5)CC4)cc3F)c12. The summed E-state index contributed by atoms with van der Waals surface area (Å²) in [7, 11) is 0. The van der Waals surface area contributed by atoms with E-state index in [-0.39, 0.29) is 24.1 Å².